The van der Waals surface area contributed by atoms with E-state index in [0.29, 0.717) is 5.56 Å². The molecule has 84 valence electrons. The van der Waals surface area contributed by atoms with Crippen molar-refractivity contribution in [3.8, 4) is 22.9 Å². The monoisotopic (exact) mass is 223 g/mol. The van der Waals surface area contributed by atoms with Gasteiger partial charge in [-0.2, -0.15) is 5.26 Å². The van der Waals surface area contributed by atoms with Crippen molar-refractivity contribution in [1.82, 2.24) is 0 Å². The maximum absolute atomic E-state index is 9.47. The molecule has 0 spiro atoms. The van der Waals surface area contributed by atoms with Crippen LogP contribution in [0.25, 0.3) is 11.1 Å². The third-order valence-electron chi connectivity index (χ3n) is 2.81. The molecule has 0 aliphatic heterocycles. The second-order valence-corrected chi connectivity index (χ2v) is 4.16. The summed E-state index contributed by atoms with van der Waals surface area (Å²) in [7, 11) is 0. The lowest BCUT2D eigenvalue weighted by atomic mass is 9.97. The van der Waals surface area contributed by atoms with Gasteiger partial charge in [0.05, 0.1) is 5.56 Å². The summed E-state index contributed by atoms with van der Waals surface area (Å²) in [5.74, 6) is 0.0287. The second kappa shape index (κ2) is 4.31. The lowest BCUT2D eigenvalue weighted by Crippen LogP contribution is -1.86. The minimum absolute atomic E-state index is 0.0287. The largest absolute Gasteiger partial charge is 0.507 e. The molecule has 0 radical (unpaired) electrons. The molecule has 2 nitrogen and oxygen atoms in total. The van der Waals surface area contributed by atoms with E-state index in [9.17, 15) is 5.11 Å². The van der Waals surface area contributed by atoms with Gasteiger partial charge < -0.3 is 5.11 Å². The van der Waals surface area contributed by atoms with Crippen molar-refractivity contribution in [3.63, 3.8) is 0 Å². The Morgan fingerprint density at radius 3 is 2.47 bits per heavy atom. The molecule has 0 aliphatic carbocycles. The van der Waals surface area contributed by atoms with Gasteiger partial charge in [0.25, 0.3) is 0 Å². The molecule has 0 bridgehead atoms. The Balaban J connectivity index is 2.58. The Morgan fingerprint density at radius 2 is 1.82 bits per heavy atom. The van der Waals surface area contributed by atoms with Gasteiger partial charge in [0.1, 0.15) is 11.8 Å². The first-order valence-corrected chi connectivity index (χ1v) is 5.42. The molecule has 0 aliphatic rings. The molecular weight excluding hydrogens is 210 g/mol. The van der Waals surface area contributed by atoms with Crippen LogP contribution in [0.4, 0.5) is 0 Å². The Kier molecular flexibility index (Phi) is 2.84. The van der Waals surface area contributed by atoms with Crippen LogP contribution in [-0.4, -0.2) is 5.11 Å². The molecule has 2 rings (SSSR count). The number of aryl methyl sites for hydroxylation is 2. The van der Waals surface area contributed by atoms with Crippen molar-refractivity contribution in [3.05, 3.63) is 53.1 Å². The average molecular weight is 223 g/mol. The lowest BCUT2D eigenvalue weighted by Gasteiger charge is -2.08. The van der Waals surface area contributed by atoms with E-state index in [1.807, 2.05) is 38.1 Å². The summed E-state index contributed by atoms with van der Waals surface area (Å²) in [6.45, 7) is 4.09. The fourth-order valence-electron chi connectivity index (χ4n) is 1.93. The number of nitriles is 1. The number of benzene rings is 2. The first-order chi connectivity index (χ1) is 8.11. The maximum Gasteiger partial charge on any atom is 0.133 e. The van der Waals surface area contributed by atoms with E-state index in [4.69, 9.17) is 5.26 Å². The molecule has 2 heteroatoms. The number of rotatable bonds is 1. The van der Waals surface area contributed by atoms with Crippen LogP contribution < -0.4 is 0 Å². The number of phenolic OH excluding ortho intramolecular Hbond substituents is 1. The zero-order valence-electron chi connectivity index (χ0n) is 9.86. The van der Waals surface area contributed by atoms with Gasteiger partial charge in [-0.15, -0.1) is 0 Å². The summed E-state index contributed by atoms with van der Waals surface area (Å²) in [6, 6.07) is 13.3. The average Bonchev–Trinajstić information content (AvgIpc) is 2.30. The summed E-state index contributed by atoms with van der Waals surface area (Å²) in [6.07, 6.45) is 0. The van der Waals surface area contributed by atoms with Gasteiger partial charge in [-0.25, -0.2) is 0 Å². The minimum Gasteiger partial charge on any atom is -0.507 e. The van der Waals surface area contributed by atoms with Crippen LogP contribution in [0.1, 0.15) is 16.7 Å². The Bertz CT molecular complexity index is 609. The number of aromatic hydroxyl groups is 1. The first kappa shape index (κ1) is 11.2. The highest BCUT2D eigenvalue weighted by Crippen LogP contribution is 2.28. The molecule has 0 fully saturated rings. The van der Waals surface area contributed by atoms with E-state index in [2.05, 4.69) is 6.07 Å². The van der Waals surface area contributed by atoms with E-state index < -0.39 is 0 Å². The molecule has 2 aromatic carbocycles. The second-order valence-electron chi connectivity index (χ2n) is 4.16. The van der Waals surface area contributed by atoms with Crippen LogP contribution in [-0.2, 0) is 0 Å². The fourth-order valence-corrected chi connectivity index (χ4v) is 1.93. The Labute approximate surface area is 101 Å². The summed E-state index contributed by atoms with van der Waals surface area (Å²) in [5, 5.41) is 18.4. The summed E-state index contributed by atoms with van der Waals surface area (Å²) in [4.78, 5) is 0. The Hall–Kier alpha value is -2.27. The van der Waals surface area contributed by atoms with Gasteiger partial charge in [0.2, 0.25) is 0 Å². The van der Waals surface area contributed by atoms with Crippen LogP contribution in [0.2, 0.25) is 0 Å². The topological polar surface area (TPSA) is 44.0 Å². The van der Waals surface area contributed by atoms with Gasteiger partial charge in [0.15, 0.2) is 0 Å². The van der Waals surface area contributed by atoms with E-state index >= 15 is 0 Å². The summed E-state index contributed by atoms with van der Waals surface area (Å²) in [5.41, 5.74) is 4.73. The molecule has 0 aromatic heterocycles. The van der Waals surface area contributed by atoms with Crippen molar-refractivity contribution in [2.75, 3.05) is 0 Å². The van der Waals surface area contributed by atoms with Crippen LogP contribution >= 0.6 is 0 Å². The van der Waals surface area contributed by atoms with Crippen molar-refractivity contribution in [2.45, 2.75) is 13.8 Å². The molecule has 0 saturated heterocycles. The third-order valence-corrected chi connectivity index (χ3v) is 2.81. The highest BCUT2D eigenvalue weighted by molar-refractivity contribution is 5.70. The highest BCUT2D eigenvalue weighted by atomic mass is 16.3. The summed E-state index contributed by atoms with van der Waals surface area (Å²) < 4.78 is 0. The smallest absolute Gasteiger partial charge is 0.133 e. The normalized spacial score (nSPS) is 9.94. The van der Waals surface area contributed by atoms with Gasteiger partial charge in [-0.3, -0.25) is 0 Å². The van der Waals surface area contributed by atoms with Gasteiger partial charge in [-0.05, 0) is 42.7 Å². The van der Waals surface area contributed by atoms with Gasteiger partial charge >= 0.3 is 0 Å². The molecule has 1 N–H and O–H groups in total. The van der Waals surface area contributed by atoms with Crippen LogP contribution in [0.5, 0.6) is 5.75 Å². The molecule has 2 aromatic rings. The molecule has 0 atom stereocenters. The van der Waals surface area contributed by atoms with Crippen molar-refractivity contribution in [2.24, 2.45) is 0 Å². The van der Waals surface area contributed by atoms with E-state index in [1.54, 1.807) is 12.1 Å². The highest BCUT2D eigenvalue weighted by Gasteiger charge is 2.06. The number of hydrogen-bond acceptors (Lipinski definition) is 2. The predicted molar refractivity (Wildman–Crippen MR) is 67.7 cm³/mol. The van der Waals surface area contributed by atoms with E-state index in [-0.39, 0.29) is 5.75 Å². The molecule has 0 amide bonds. The summed E-state index contributed by atoms with van der Waals surface area (Å²) >= 11 is 0. The van der Waals surface area contributed by atoms with Crippen LogP contribution in [0.3, 0.4) is 0 Å². The van der Waals surface area contributed by atoms with Gasteiger partial charge in [0, 0.05) is 0 Å². The zero-order chi connectivity index (χ0) is 12.4. The number of nitrogens with zero attached hydrogens (tertiary/aromatic N) is 1. The fraction of sp³-hybridized carbons (Fsp3) is 0.133. The zero-order valence-corrected chi connectivity index (χ0v) is 9.86. The molecule has 0 saturated carbocycles. The lowest BCUT2D eigenvalue weighted by molar-refractivity contribution is 0.473. The Morgan fingerprint density at radius 1 is 1.06 bits per heavy atom. The molecule has 17 heavy (non-hydrogen) atoms. The van der Waals surface area contributed by atoms with Crippen molar-refractivity contribution >= 4 is 0 Å². The molecule has 0 heterocycles. The van der Waals surface area contributed by atoms with E-state index in [0.717, 1.165) is 11.1 Å². The van der Waals surface area contributed by atoms with Crippen LogP contribution in [0.15, 0.2) is 36.4 Å². The third kappa shape index (κ3) is 2.14. The minimum atomic E-state index is 0.0287. The standard InChI is InChI=1S/C15H13NO/c1-10-3-5-14(11(2)7-10)12-4-6-15(17)13(8-12)9-16/h3-8,17H,1-2H3. The quantitative estimate of drug-likeness (QED) is 0.803. The molecular formula is C15H13NO. The van der Waals surface area contributed by atoms with E-state index in [1.165, 1.54) is 11.1 Å². The van der Waals surface area contributed by atoms with Crippen molar-refractivity contribution < 1.29 is 5.11 Å². The predicted octanol–water partition coefficient (Wildman–Crippen LogP) is 3.55. The van der Waals surface area contributed by atoms with Crippen molar-refractivity contribution in [1.29, 1.82) is 5.26 Å². The SMILES string of the molecule is Cc1ccc(-c2ccc(O)c(C#N)c2)c(C)c1. The van der Waals surface area contributed by atoms with Gasteiger partial charge in [-0.1, -0.05) is 29.8 Å². The first-order valence-electron chi connectivity index (χ1n) is 5.42. The van der Waals surface area contributed by atoms with Crippen LogP contribution in [0, 0.1) is 25.2 Å². The molecule has 0 unspecified atom stereocenters. The number of hydrogen-bond donors (Lipinski definition) is 1. The maximum atomic E-state index is 9.47. The number of phenols is 1.